The Morgan fingerprint density at radius 1 is 1.35 bits per heavy atom. The van der Waals surface area contributed by atoms with E-state index in [1.807, 2.05) is 28.8 Å². The van der Waals surface area contributed by atoms with Gasteiger partial charge in [0, 0.05) is 19.2 Å². The molecule has 8 heteroatoms. The molecule has 3 aromatic heterocycles. The summed E-state index contributed by atoms with van der Waals surface area (Å²) in [7, 11) is 0. The monoisotopic (exact) mass is 371 g/mol. The van der Waals surface area contributed by atoms with Crippen LogP contribution in [-0.2, 0) is 10.3 Å². The lowest BCUT2D eigenvalue weighted by Gasteiger charge is -2.25. The second-order valence-electron chi connectivity index (χ2n) is 6.47. The van der Waals surface area contributed by atoms with E-state index in [9.17, 15) is 4.79 Å². The number of aryl methyl sites for hydroxylation is 1. The fourth-order valence-corrected chi connectivity index (χ4v) is 3.68. The molecule has 3 aromatic rings. The van der Waals surface area contributed by atoms with Crippen LogP contribution in [0.1, 0.15) is 43.1 Å². The number of halogens is 1. The highest BCUT2D eigenvalue weighted by atomic mass is 35.5. The molecule has 0 saturated heterocycles. The molecule has 0 aromatic carbocycles. The maximum atomic E-state index is 12.6. The van der Waals surface area contributed by atoms with Gasteiger partial charge in [-0.1, -0.05) is 35.7 Å². The van der Waals surface area contributed by atoms with Crippen molar-refractivity contribution >= 4 is 29.2 Å². The number of aromatic nitrogens is 4. The van der Waals surface area contributed by atoms with Gasteiger partial charge in [0.15, 0.2) is 11.0 Å². The lowest BCUT2D eigenvalue weighted by atomic mass is 9.96. The van der Waals surface area contributed by atoms with E-state index in [2.05, 4.69) is 20.4 Å². The first-order valence-corrected chi connectivity index (χ1v) is 8.89. The fourth-order valence-electron chi connectivity index (χ4n) is 3.44. The predicted molar refractivity (Wildman–Crippen MR) is 96.6 cm³/mol. The highest BCUT2D eigenvalue weighted by Crippen LogP contribution is 2.37. The highest BCUT2D eigenvalue weighted by Gasteiger charge is 2.40. The van der Waals surface area contributed by atoms with E-state index in [-0.39, 0.29) is 5.91 Å². The zero-order valence-electron chi connectivity index (χ0n) is 14.3. The van der Waals surface area contributed by atoms with Crippen LogP contribution >= 0.6 is 11.6 Å². The number of nitrogens with zero attached hydrogens (tertiary/aromatic N) is 4. The summed E-state index contributed by atoms with van der Waals surface area (Å²) < 4.78 is 6.94. The SMILES string of the molecule is Cc1nc(C2(NC(=O)/C=C/c3c(Cl)nc4ccccn34)CCCC2)no1. The predicted octanol–water partition coefficient (Wildman–Crippen LogP) is 3.28. The standard InChI is InChI=1S/C18H18ClN5O2/c1-12-20-17(23-26-12)18(9-3-4-10-18)22-15(25)8-7-13-16(19)21-14-6-2-5-11-24(13)14/h2,5-8,11H,3-4,9-10H2,1H3,(H,22,25)/b8-7+. The van der Waals surface area contributed by atoms with Gasteiger partial charge in [-0.15, -0.1) is 0 Å². The minimum atomic E-state index is -0.567. The number of pyridine rings is 1. The summed E-state index contributed by atoms with van der Waals surface area (Å²) in [4.78, 5) is 21.2. The molecule has 0 bridgehead atoms. The largest absolute Gasteiger partial charge is 0.340 e. The average molecular weight is 372 g/mol. The molecular weight excluding hydrogens is 354 g/mol. The van der Waals surface area contributed by atoms with Crippen LogP contribution in [-0.4, -0.2) is 25.4 Å². The first-order chi connectivity index (χ1) is 12.6. The number of hydrogen-bond acceptors (Lipinski definition) is 5. The Bertz CT molecular complexity index is 985. The summed E-state index contributed by atoms with van der Waals surface area (Å²) in [5.74, 6) is 0.812. The third-order valence-corrected chi connectivity index (χ3v) is 4.97. The molecule has 1 saturated carbocycles. The molecular formula is C18H18ClN5O2. The van der Waals surface area contributed by atoms with Crippen molar-refractivity contribution in [1.82, 2.24) is 24.8 Å². The lowest BCUT2D eigenvalue weighted by molar-refractivity contribution is -0.118. The maximum absolute atomic E-state index is 12.6. The molecule has 134 valence electrons. The Morgan fingerprint density at radius 2 is 2.15 bits per heavy atom. The minimum Gasteiger partial charge on any atom is -0.340 e. The third-order valence-electron chi connectivity index (χ3n) is 4.69. The van der Waals surface area contributed by atoms with Crippen LogP contribution in [0.15, 0.2) is 35.0 Å². The molecule has 1 amide bonds. The minimum absolute atomic E-state index is 0.226. The fraction of sp³-hybridized carbons (Fsp3) is 0.333. The van der Waals surface area contributed by atoms with Crippen molar-refractivity contribution in [2.24, 2.45) is 0 Å². The van der Waals surface area contributed by atoms with E-state index in [1.165, 1.54) is 6.08 Å². The van der Waals surface area contributed by atoms with Crippen LogP contribution < -0.4 is 5.32 Å². The van der Waals surface area contributed by atoms with E-state index in [4.69, 9.17) is 16.1 Å². The van der Waals surface area contributed by atoms with E-state index >= 15 is 0 Å². The first kappa shape index (κ1) is 16.8. The molecule has 0 atom stereocenters. The lowest BCUT2D eigenvalue weighted by Crippen LogP contribution is -2.44. The van der Waals surface area contributed by atoms with Gasteiger partial charge in [-0.05, 0) is 31.1 Å². The zero-order valence-corrected chi connectivity index (χ0v) is 15.0. The summed E-state index contributed by atoms with van der Waals surface area (Å²) in [5.41, 5.74) is 0.822. The van der Waals surface area contributed by atoms with Gasteiger partial charge < -0.3 is 9.84 Å². The number of carbonyl (C=O) groups is 1. The normalized spacial score (nSPS) is 16.5. The number of rotatable bonds is 4. The number of hydrogen-bond donors (Lipinski definition) is 1. The number of imidazole rings is 1. The van der Waals surface area contributed by atoms with Crippen molar-refractivity contribution in [3.8, 4) is 0 Å². The van der Waals surface area contributed by atoms with Gasteiger partial charge in [0.2, 0.25) is 11.8 Å². The molecule has 26 heavy (non-hydrogen) atoms. The molecule has 7 nitrogen and oxygen atoms in total. The van der Waals surface area contributed by atoms with E-state index in [1.54, 1.807) is 13.0 Å². The van der Waals surface area contributed by atoms with Crippen molar-refractivity contribution in [1.29, 1.82) is 0 Å². The summed E-state index contributed by atoms with van der Waals surface area (Å²) in [6.45, 7) is 1.74. The van der Waals surface area contributed by atoms with E-state index < -0.39 is 5.54 Å². The molecule has 0 radical (unpaired) electrons. The van der Waals surface area contributed by atoms with Crippen LogP contribution in [0.2, 0.25) is 5.15 Å². The topological polar surface area (TPSA) is 85.3 Å². The zero-order chi connectivity index (χ0) is 18.1. The number of fused-ring (bicyclic) bond motifs is 1. The van der Waals surface area contributed by atoms with Gasteiger partial charge in [0.05, 0.1) is 5.69 Å². The maximum Gasteiger partial charge on any atom is 0.244 e. The van der Waals surface area contributed by atoms with Crippen molar-refractivity contribution in [2.75, 3.05) is 0 Å². The molecule has 4 rings (SSSR count). The molecule has 0 spiro atoms. The van der Waals surface area contributed by atoms with Gasteiger partial charge in [-0.2, -0.15) is 4.98 Å². The Kier molecular flexibility index (Phi) is 4.24. The Balaban J connectivity index is 1.57. The average Bonchev–Trinajstić information content (AvgIpc) is 3.32. The second kappa shape index (κ2) is 6.57. The van der Waals surface area contributed by atoms with Crippen molar-refractivity contribution in [3.63, 3.8) is 0 Å². The van der Waals surface area contributed by atoms with Crippen LogP contribution in [0.25, 0.3) is 11.7 Å². The third kappa shape index (κ3) is 2.99. The summed E-state index contributed by atoms with van der Waals surface area (Å²) in [6.07, 6.45) is 8.60. The summed E-state index contributed by atoms with van der Waals surface area (Å²) in [6, 6.07) is 5.62. The molecule has 1 N–H and O–H groups in total. The Labute approximate surface area is 155 Å². The molecule has 1 fully saturated rings. The number of carbonyl (C=O) groups excluding carboxylic acids is 1. The Morgan fingerprint density at radius 3 is 2.88 bits per heavy atom. The van der Waals surface area contributed by atoms with Crippen molar-refractivity contribution < 1.29 is 9.32 Å². The van der Waals surface area contributed by atoms with Gasteiger partial charge in [-0.3, -0.25) is 9.20 Å². The molecule has 3 heterocycles. The van der Waals surface area contributed by atoms with Crippen LogP contribution in [0.4, 0.5) is 0 Å². The van der Waals surface area contributed by atoms with Crippen LogP contribution in [0.5, 0.6) is 0 Å². The number of nitrogens with one attached hydrogen (secondary N) is 1. The molecule has 1 aliphatic carbocycles. The quantitative estimate of drug-likeness (QED) is 0.711. The van der Waals surface area contributed by atoms with Crippen molar-refractivity contribution in [2.45, 2.75) is 38.1 Å². The summed E-state index contributed by atoms with van der Waals surface area (Å²) in [5, 5.41) is 7.45. The summed E-state index contributed by atoms with van der Waals surface area (Å²) >= 11 is 6.20. The second-order valence-corrected chi connectivity index (χ2v) is 6.82. The van der Waals surface area contributed by atoms with E-state index in [0.29, 0.717) is 22.6 Å². The smallest absolute Gasteiger partial charge is 0.244 e. The first-order valence-electron chi connectivity index (χ1n) is 8.51. The van der Waals surface area contributed by atoms with Gasteiger partial charge in [-0.25, -0.2) is 4.98 Å². The van der Waals surface area contributed by atoms with E-state index in [0.717, 1.165) is 31.3 Å². The number of amides is 1. The van der Waals surface area contributed by atoms with Crippen LogP contribution in [0.3, 0.4) is 0 Å². The van der Waals surface area contributed by atoms with Gasteiger partial charge in [0.25, 0.3) is 0 Å². The van der Waals surface area contributed by atoms with Crippen LogP contribution in [0, 0.1) is 6.92 Å². The molecule has 0 aliphatic heterocycles. The molecule has 1 aliphatic rings. The molecule has 0 unspecified atom stereocenters. The van der Waals surface area contributed by atoms with Gasteiger partial charge in [0.1, 0.15) is 11.2 Å². The van der Waals surface area contributed by atoms with Crippen molar-refractivity contribution in [3.05, 3.63) is 53.0 Å². The van der Waals surface area contributed by atoms with Gasteiger partial charge >= 0.3 is 0 Å². The highest BCUT2D eigenvalue weighted by molar-refractivity contribution is 6.31. The Hall–Kier alpha value is -2.67.